The molecule has 0 aliphatic carbocycles. The average molecular weight is 484 g/mol. The molecule has 0 bridgehead atoms. The van der Waals surface area contributed by atoms with E-state index in [0.29, 0.717) is 0 Å². The fourth-order valence-corrected chi connectivity index (χ4v) is 5.70. The fourth-order valence-electron chi connectivity index (χ4n) is 5.43. The molecule has 4 heteroatoms. The Kier molecular flexibility index (Phi) is 6.02. The van der Waals surface area contributed by atoms with Crippen molar-refractivity contribution in [2.75, 3.05) is 0 Å². The average Bonchev–Trinajstić information content (AvgIpc) is 3.33. The van der Waals surface area contributed by atoms with E-state index in [1.165, 1.54) is 0 Å². The summed E-state index contributed by atoms with van der Waals surface area (Å²) in [6.45, 7) is 0. The second kappa shape index (κ2) is 9.48. The quantitative estimate of drug-likeness (QED) is 0.224. The van der Waals surface area contributed by atoms with E-state index in [2.05, 4.69) is 97.1 Å². The van der Waals surface area contributed by atoms with Gasteiger partial charge >= 0.3 is 7.12 Å². The smallest absolute Gasteiger partial charge is 0.390 e. The van der Waals surface area contributed by atoms with Gasteiger partial charge in [-0.1, -0.05) is 140 Å². The molecule has 1 aliphatic rings. The third-order valence-electron chi connectivity index (χ3n) is 6.98. The molecule has 0 N–H and O–H groups in total. The molecule has 5 aromatic rings. The van der Waals surface area contributed by atoms with Crippen LogP contribution in [-0.2, 0) is 20.5 Å². The Hall–Kier alpha value is -3.57. The van der Waals surface area contributed by atoms with Gasteiger partial charge in [0.15, 0.2) is 0 Å². The molecule has 174 valence electrons. The lowest BCUT2D eigenvalue weighted by Gasteiger charge is -2.46. The summed E-state index contributed by atoms with van der Waals surface area (Å²) >= 11 is 4.78. The molecule has 0 amide bonds. The molecule has 1 heterocycles. The number of rotatable bonds is 5. The van der Waals surface area contributed by atoms with E-state index in [9.17, 15) is 0 Å². The summed E-state index contributed by atoms with van der Waals surface area (Å²) in [6, 6.07) is 49.6. The highest BCUT2D eigenvalue weighted by molar-refractivity contribution is 7.80. The summed E-state index contributed by atoms with van der Waals surface area (Å²) in [5.74, 6) is 0. The normalized spacial score (nSPS) is 16.1. The van der Waals surface area contributed by atoms with Gasteiger partial charge in [-0.05, 0) is 33.8 Å². The van der Waals surface area contributed by atoms with Gasteiger partial charge in [0, 0.05) is 4.90 Å². The van der Waals surface area contributed by atoms with Gasteiger partial charge < -0.3 is 9.31 Å². The van der Waals surface area contributed by atoms with E-state index in [1.54, 1.807) is 0 Å². The Labute approximate surface area is 218 Å². The van der Waals surface area contributed by atoms with Crippen LogP contribution < -0.4 is 5.46 Å². The van der Waals surface area contributed by atoms with Crippen molar-refractivity contribution in [3.63, 3.8) is 0 Å². The summed E-state index contributed by atoms with van der Waals surface area (Å²) in [7, 11) is -0.653. The van der Waals surface area contributed by atoms with E-state index >= 15 is 0 Å². The number of benzene rings is 5. The lowest BCUT2D eigenvalue weighted by molar-refractivity contribution is 0.00370. The minimum absolute atomic E-state index is 0.653. The van der Waals surface area contributed by atoms with E-state index in [1.807, 2.05) is 48.5 Å². The van der Waals surface area contributed by atoms with Crippen LogP contribution in [0.4, 0.5) is 0 Å². The molecule has 6 rings (SSSR count). The van der Waals surface area contributed by atoms with Crippen molar-refractivity contribution in [2.24, 2.45) is 0 Å². The van der Waals surface area contributed by atoms with E-state index in [-0.39, 0.29) is 0 Å². The Morgan fingerprint density at radius 3 is 1.06 bits per heavy atom. The zero-order chi connectivity index (χ0) is 24.4. The zero-order valence-electron chi connectivity index (χ0n) is 19.7. The van der Waals surface area contributed by atoms with Crippen LogP contribution in [0.15, 0.2) is 150 Å². The van der Waals surface area contributed by atoms with Gasteiger partial charge in [0.2, 0.25) is 0 Å². The van der Waals surface area contributed by atoms with Gasteiger partial charge in [-0.15, -0.1) is 12.6 Å². The highest BCUT2D eigenvalue weighted by atomic mass is 32.1. The maximum absolute atomic E-state index is 7.24. The van der Waals surface area contributed by atoms with E-state index in [4.69, 9.17) is 21.9 Å². The molecule has 0 unspecified atom stereocenters. The fraction of sp³-hybridized carbons (Fsp3) is 0.0625. The molecule has 0 atom stereocenters. The zero-order valence-corrected chi connectivity index (χ0v) is 20.6. The van der Waals surface area contributed by atoms with Crippen molar-refractivity contribution in [1.82, 2.24) is 0 Å². The largest absolute Gasteiger partial charge is 0.497 e. The first kappa shape index (κ1) is 22.9. The molecule has 0 radical (unpaired) electrons. The monoisotopic (exact) mass is 484 g/mol. The third kappa shape index (κ3) is 3.53. The Balaban J connectivity index is 1.75. The minimum Gasteiger partial charge on any atom is -0.390 e. The minimum atomic E-state index is -0.987. The number of thiol groups is 1. The van der Waals surface area contributed by atoms with Crippen LogP contribution in [0.2, 0.25) is 0 Å². The summed E-state index contributed by atoms with van der Waals surface area (Å²) in [4.78, 5) is 0.828. The van der Waals surface area contributed by atoms with Gasteiger partial charge in [0.25, 0.3) is 0 Å². The predicted molar refractivity (Wildman–Crippen MR) is 149 cm³/mol. The first-order valence-electron chi connectivity index (χ1n) is 12.1. The van der Waals surface area contributed by atoms with Crippen LogP contribution in [0.5, 0.6) is 0 Å². The van der Waals surface area contributed by atoms with Crippen LogP contribution in [0.3, 0.4) is 0 Å². The second-order valence-electron chi connectivity index (χ2n) is 8.95. The van der Waals surface area contributed by atoms with Crippen molar-refractivity contribution < 1.29 is 9.31 Å². The maximum Gasteiger partial charge on any atom is 0.497 e. The summed E-state index contributed by atoms with van der Waals surface area (Å²) in [5.41, 5.74) is 2.99. The molecule has 1 fully saturated rings. The first-order chi connectivity index (χ1) is 17.8. The van der Waals surface area contributed by atoms with Crippen LogP contribution in [0, 0.1) is 0 Å². The van der Waals surface area contributed by atoms with Gasteiger partial charge in [0.1, 0.15) is 11.2 Å². The molecule has 0 spiro atoms. The molecule has 0 saturated carbocycles. The van der Waals surface area contributed by atoms with E-state index < -0.39 is 18.3 Å². The second-order valence-corrected chi connectivity index (χ2v) is 9.43. The highest BCUT2D eigenvalue weighted by Gasteiger charge is 2.66. The van der Waals surface area contributed by atoms with Crippen LogP contribution in [-0.4, -0.2) is 7.12 Å². The van der Waals surface area contributed by atoms with Crippen molar-refractivity contribution in [1.29, 1.82) is 0 Å². The number of hydrogen-bond donors (Lipinski definition) is 1. The van der Waals surface area contributed by atoms with Crippen molar-refractivity contribution in [3.8, 4) is 0 Å². The van der Waals surface area contributed by atoms with Gasteiger partial charge in [0.05, 0.1) is 0 Å². The molecule has 5 aromatic carbocycles. The van der Waals surface area contributed by atoms with Crippen molar-refractivity contribution in [3.05, 3.63) is 168 Å². The lowest BCUT2D eigenvalue weighted by atomic mass is 9.66. The maximum atomic E-state index is 7.24. The summed E-state index contributed by atoms with van der Waals surface area (Å²) in [5, 5.41) is 0. The SMILES string of the molecule is Sc1ccccc1B1OC(c2ccccc2)(c2ccccc2)C(c2ccccc2)(c2ccccc2)O1. The summed E-state index contributed by atoms with van der Waals surface area (Å²) < 4.78 is 14.5. The first-order valence-corrected chi connectivity index (χ1v) is 12.6. The number of hydrogen-bond acceptors (Lipinski definition) is 3. The Morgan fingerprint density at radius 1 is 0.417 bits per heavy atom. The van der Waals surface area contributed by atoms with Gasteiger partial charge in [-0.3, -0.25) is 0 Å². The topological polar surface area (TPSA) is 18.5 Å². The third-order valence-corrected chi connectivity index (χ3v) is 7.38. The highest BCUT2D eigenvalue weighted by Crippen LogP contribution is 2.58. The standard InChI is InChI=1S/C32H25BO2S/c36-30-24-14-13-23-29(30)33-34-31(25-15-5-1-6-16-25,26-17-7-2-8-18-26)32(35-33,27-19-9-3-10-20-27)28-21-11-4-12-22-28/h1-24,36H. The molecule has 0 aromatic heterocycles. The van der Waals surface area contributed by atoms with Gasteiger partial charge in [-0.25, -0.2) is 0 Å². The molecule has 36 heavy (non-hydrogen) atoms. The summed E-state index contributed by atoms with van der Waals surface area (Å²) in [6.07, 6.45) is 0. The molecule has 1 saturated heterocycles. The van der Waals surface area contributed by atoms with E-state index in [0.717, 1.165) is 32.6 Å². The molecular formula is C32H25BO2S. The Bertz CT molecular complexity index is 1270. The van der Waals surface area contributed by atoms with Crippen LogP contribution in [0.25, 0.3) is 0 Å². The van der Waals surface area contributed by atoms with Crippen LogP contribution in [0.1, 0.15) is 22.3 Å². The Morgan fingerprint density at radius 2 is 0.722 bits per heavy atom. The van der Waals surface area contributed by atoms with Gasteiger partial charge in [-0.2, -0.15) is 0 Å². The van der Waals surface area contributed by atoms with Crippen LogP contribution >= 0.6 is 12.6 Å². The predicted octanol–water partition coefficient (Wildman–Crippen LogP) is 6.60. The van der Waals surface area contributed by atoms with Crippen molar-refractivity contribution in [2.45, 2.75) is 16.1 Å². The molecule has 1 aliphatic heterocycles. The lowest BCUT2D eigenvalue weighted by Crippen LogP contribution is -2.48. The molecular weight excluding hydrogens is 459 g/mol. The molecule has 2 nitrogen and oxygen atoms in total. The van der Waals surface area contributed by atoms with Crippen molar-refractivity contribution >= 4 is 25.2 Å².